The van der Waals surface area contributed by atoms with E-state index in [1.54, 1.807) is 0 Å². The van der Waals surface area contributed by atoms with E-state index >= 15 is 0 Å². The lowest BCUT2D eigenvalue weighted by atomic mass is 10.0. The molecule has 0 aromatic rings. The molecule has 0 aromatic heterocycles. The molecular weight excluding hydrogens is 176 g/mol. The van der Waals surface area contributed by atoms with Gasteiger partial charge in [0, 0.05) is 12.7 Å². The predicted octanol–water partition coefficient (Wildman–Crippen LogP) is 1.04. The third-order valence-electron chi connectivity index (χ3n) is 1.70. The van der Waals surface area contributed by atoms with Gasteiger partial charge in [-0.2, -0.15) is 0 Å². The van der Waals surface area contributed by atoms with Gasteiger partial charge in [-0.1, -0.05) is 20.3 Å². The van der Waals surface area contributed by atoms with Crippen molar-refractivity contribution in [2.45, 2.75) is 26.7 Å². The van der Waals surface area contributed by atoms with Gasteiger partial charge in [0.15, 0.2) is 9.84 Å². The van der Waals surface area contributed by atoms with E-state index in [0.717, 1.165) is 12.7 Å². The summed E-state index contributed by atoms with van der Waals surface area (Å²) in [6.45, 7) is 3.93. The van der Waals surface area contributed by atoms with Gasteiger partial charge in [-0.15, -0.1) is 0 Å². The lowest BCUT2D eigenvalue weighted by molar-refractivity contribution is -0.117. The normalized spacial score (nSPS) is 14.2. The Kier molecular flexibility index (Phi) is 4.45. The molecule has 0 spiro atoms. The van der Waals surface area contributed by atoms with Crippen LogP contribution >= 0.6 is 0 Å². The van der Waals surface area contributed by atoms with Crippen molar-refractivity contribution < 1.29 is 13.2 Å². The third kappa shape index (κ3) is 6.34. The largest absolute Gasteiger partial charge is 0.299 e. The molecule has 4 heteroatoms. The summed E-state index contributed by atoms with van der Waals surface area (Å²) >= 11 is 0. The highest BCUT2D eigenvalue weighted by molar-refractivity contribution is 7.91. The number of sulfone groups is 1. The number of ketones is 1. The second-order valence-electron chi connectivity index (χ2n) is 3.33. The maximum atomic E-state index is 11.0. The monoisotopic (exact) mass is 192 g/mol. The molecule has 0 heterocycles. The van der Waals surface area contributed by atoms with E-state index in [0.29, 0.717) is 12.3 Å². The van der Waals surface area contributed by atoms with E-state index < -0.39 is 9.84 Å². The van der Waals surface area contributed by atoms with E-state index in [1.165, 1.54) is 0 Å². The summed E-state index contributed by atoms with van der Waals surface area (Å²) in [5, 5.41) is 0. The van der Waals surface area contributed by atoms with Crippen molar-refractivity contribution in [3.63, 3.8) is 0 Å². The molecule has 0 bridgehead atoms. The van der Waals surface area contributed by atoms with Crippen LogP contribution in [-0.4, -0.2) is 26.2 Å². The predicted molar refractivity (Wildman–Crippen MR) is 48.8 cm³/mol. The Bertz CT molecular complexity index is 241. The summed E-state index contributed by atoms with van der Waals surface area (Å²) in [4.78, 5) is 11.0. The molecule has 1 unspecified atom stereocenters. The number of hydrogen-bond donors (Lipinski definition) is 0. The molecule has 12 heavy (non-hydrogen) atoms. The molecule has 0 aliphatic heterocycles. The summed E-state index contributed by atoms with van der Waals surface area (Å²) in [5.74, 6) is -0.191. The van der Waals surface area contributed by atoms with Gasteiger partial charge in [-0.25, -0.2) is 8.42 Å². The van der Waals surface area contributed by atoms with Crippen molar-refractivity contribution >= 4 is 15.6 Å². The molecule has 72 valence electrons. The van der Waals surface area contributed by atoms with Crippen LogP contribution in [0.15, 0.2) is 0 Å². The number of carbonyl (C=O) groups excluding carboxylic acids is 1. The molecule has 0 aliphatic rings. The summed E-state index contributed by atoms with van der Waals surface area (Å²) in [6.07, 6.45) is 2.38. The molecule has 0 saturated carbocycles. The van der Waals surface area contributed by atoms with Gasteiger partial charge in [-0.05, 0) is 5.92 Å². The van der Waals surface area contributed by atoms with Crippen LogP contribution in [0.25, 0.3) is 0 Å². The number of hydrogen-bond acceptors (Lipinski definition) is 3. The fourth-order valence-corrected chi connectivity index (χ4v) is 1.59. The van der Waals surface area contributed by atoms with Crippen LogP contribution in [0.2, 0.25) is 0 Å². The molecule has 0 fully saturated rings. The Balaban J connectivity index is 3.92. The molecule has 0 saturated heterocycles. The zero-order valence-electron chi connectivity index (χ0n) is 7.83. The summed E-state index contributed by atoms with van der Waals surface area (Å²) in [7, 11) is -3.13. The quantitative estimate of drug-likeness (QED) is 0.654. The first-order valence-corrected chi connectivity index (χ1v) is 6.10. The second-order valence-corrected chi connectivity index (χ2v) is 5.47. The molecule has 0 radical (unpaired) electrons. The highest BCUT2D eigenvalue weighted by Gasteiger charge is 2.13. The Morgan fingerprint density at radius 1 is 1.42 bits per heavy atom. The minimum Gasteiger partial charge on any atom is -0.299 e. The highest BCUT2D eigenvalue weighted by atomic mass is 32.2. The lowest BCUT2D eigenvalue weighted by Crippen LogP contribution is -2.16. The SMILES string of the molecule is CCC(C)CC(=O)CS(C)(=O)=O. The van der Waals surface area contributed by atoms with Crippen LogP contribution in [-0.2, 0) is 14.6 Å². The highest BCUT2D eigenvalue weighted by Crippen LogP contribution is 2.07. The van der Waals surface area contributed by atoms with Gasteiger partial charge in [0.05, 0.1) is 0 Å². The van der Waals surface area contributed by atoms with Crippen LogP contribution in [0.3, 0.4) is 0 Å². The van der Waals surface area contributed by atoms with Crippen LogP contribution in [0.5, 0.6) is 0 Å². The first-order valence-electron chi connectivity index (χ1n) is 4.04. The van der Waals surface area contributed by atoms with Gasteiger partial charge in [0.25, 0.3) is 0 Å². The Hall–Kier alpha value is -0.380. The smallest absolute Gasteiger partial charge is 0.154 e. The molecular formula is C8H16O3S. The summed E-state index contributed by atoms with van der Waals surface area (Å²) in [5.41, 5.74) is 0. The van der Waals surface area contributed by atoms with Gasteiger partial charge in [0.2, 0.25) is 0 Å². The van der Waals surface area contributed by atoms with E-state index in [4.69, 9.17) is 0 Å². The van der Waals surface area contributed by atoms with Gasteiger partial charge in [0.1, 0.15) is 11.5 Å². The maximum Gasteiger partial charge on any atom is 0.154 e. The molecule has 0 aliphatic carbocycles. The average Bonchev–Trinajstić information content (AvgIpc) is 1.82. The minimum absolute atomic E-state index is 0.174. The van der Waals surface area contributed by atoms with E-state index in [2.05, 4.69) is 0 Å². The molecule has 0 aromatic carbocycles. The average molecular weight is 192 g/mol. The van der Waals surface area contributed by atoms with Crippen molar-refractivity contribution in [2.24, 2.45) is 5.92 Å². The number of rotatable bonds is 5. The molecule has 0 N–H and O–H groups in total. The summed E-state index contributed by atoms with van der Waals surface area (Å²) < 4.78 is 21.4. The molecule has 0 amide bonds. The molecule has 3 nitrogen and oxygen atoms in total. The van der Waals surface area contributed by atoms with Crippen LogP contribution in [0.4, 0.5) is 0 Å². The van der Waals surface area contributed by atoms with E-state index in [9.17, 15) is 13.2 Å². The fraction of sp³-hybridized carbons (Fsp3) is 0.875. The number of carbonyl (C=O) groups is 1. The number of Topliss-reactive ketones (excluding diaryl/α,β-unsaturated/α-hetero) is 1. The topological polar surface area (TPSA) is 51.2 Å². The lowest BCUT2D eigenvalue weighted by Gasteiger charge is -2.05. The standard InChI is InChI=1S/C8H16O3S/c1-4-7(2)5-8(9)6-12(3,10)11/h7H,4-6H2,1-3H3. The van der Waals surface area contributed by atoms with Crippen molar-refractivity contribution in [3.05, 3.63) is 0 Å². The molecule has 1 atom stereocenters. The third-order valence-corrected chi connectivity index (χ3v) is 2.54. The summed E-state index contributed by atoms with van der Waals surface area (Å²) in [6, 6.07) is 0. The van der Waals surface area contributed by atoms with Crippen LogP contribution in [0, 0.1) is 5.92 Å². The van der Waals surface area contributed by atoms with Gasteiger partial charge >= 0.3 is 0 Å². The zero-order valence-corrected chi connectivity index (χ0v) is 8.65. The zero-order chi connectivity index (χ0) is 9.78. The van der Waals surface area contributed by atoms with Crippen LogP contribution < -0.4 is 0 Å². The Morgan fingerprint density at radius 3 is 2.25 bits per heavy atom. The van der Waals surface area contributed by atoms with Crippen molar-refractivity contribution in [1.29, 1.82) is 0 Å². The van der Waals surface area contributed by atoms with Gasteiger partial charge in [-0.3, -0.25) is 4.79 Å². The second kappa shape index (κ2) is 4.60. The minimum atomic E-state index is -3.13. The van der Waals surface area contributed by atoms with Crippen molar-refractivity contribution in [3.8, 4) is 0 Å². The first kappa shape index (κ1) is 11.6. The van der Waals surface area contributed by atoms with Crippen LogP contribution in [0.1, 0.15) is 26.7 Å². The van der Waals surface area contributed by atoms with Crippen molar-refractivity contribution in [2.75, 3.05) is 12.0 Å². The van der Waals surface area contributed by atoms with E-state index in [1.807, 2.05) is 13.8 Å². The Morgan fingerprint density at radius 2 is 1.92 bits per heavy atom. The molecule has 0 rings (SSSR count). The Labute approximate surface area is 74.1 Å². The fourth-order valence-electron chi connectivity index (χ4n) is 0.884. The maximum absolute atomic E-state index is 11.0. The van der Waals surface area contributed by atoms with E-state index in [-0.39, 0.29) is 11.5 Å². The van der Waals surface area contributed by atoms with Crippen molar-refractivity contribution in [1.82, 2.24) is 0 Å². The van der Waals surface area contributed by atoms with Gasteiger partial charge < -0.3 is 0 Å². The first-order chi connectivity index (χ1) is 5.35.